The van der Waals surface area contributed by atoms with Gasteiger partial charge in [0.25, 0.3) is 0 Å². The van der Waals surface area contributed by atoms with Gasteiger partial charge in [-0.05, 0) is 13.0 Å². The van der Waals surface area contributed by atoms with E-state index in [-0.39, 0.29) is 5.75 Å². The first-order chi connectivity index (χ1) is 10.5. The van der Waals surface area contributed by atoms with E-state index >= 15 is 0 Å². The lowest BCUT2D eigenvalue weighted by Crippen LogP contribution is -2.44. The number of anilines is 1. The third-order valence-electron chi connectivity index (χ3n) is 3.84. The van der Waals surface area contributed by atoms with E-state index in [0.717, 1.165) is 42.8 Å². The molecule has 0 unspecified atom stereocenters. The molecule has 1 aromatic carbocycles. The number of piperazine rings is 1. The maximum absolute atomic E-state index is 9.73. The zero-order chi connectivity index (χ0) is 16.1. The number of benzene rings is 1. The Kier molecular flexibility index (Phi) is 5.44. The van der Waals surface area contributed by atoms with Crippen LogP contribution in [0.4, 0.5) is 5.69 Å². The summed E-state index contributed by atoms with van der Waals surface area (Å²) in [6.45, 7) is 11.8. The second-order valence-electron chi connectivity index (χ2n) is 6.07. The smallest absolute Gasteiger partial charge is 0.119 e. The maximum Gasteiger partial charge on any atom is 0.119 e. The highest BCUT2D eigenvalue weighted by Crippen LogP contribution is 2.30. The number of H-pyrrole nitrogens is 1. The third kappa shape index (κ3) is 4.01. The first-order valence-corrected chi connectivity index (χ1v) is 7.73. The summed E-state index contributed by atoms with van der Waals surface area (Å²) in [4.78, 5) is 4.61. The molecule has 22 heavy (non-hydrogen) atoms. The number of likely N-dealkylation sites (N-methyl/N-ethyl adjacent to an activating group) is 1. The minimum atomic E-state index is 0.288. The van der Waals surface area contributed by atoms with E-state index in [2.05, 4.69) is 47.5 Å². The summed E-state index contributed by atoms with van der Waals surface area (Å²) >= 11 is 0. The Balaban J connectivity index is 0.000000309. The number of nitrogens with zero attached hydrogens (tertiary/aromatic N) is 3. The van der Waals surface area contributed by atoms with Crippen LogP contribution in [0.2, 0.25) is 0 Å². The molecule has 0 bridgehead atoms. The number of aromatic nitrogens is 2. The molecule has 5 heteroatoms. The molecule has 0 atom stereocenters. The highest BCUT2D eigenvalue weighted by Gasteiger charge is 2.17. The van der Waals surface area contributed by atoms with Gasteiger partial charge in [-0.15, -0.1) is 6.58 Å². The van der Waals surface area contributed by atoms with Crippen LogP contribution in [0, 0.1) is 5.92 Å². The standard InChI is InChI=1S/C12H16N4O.C5H10/c1-15-2-4-16(5-3-15)12-7-9(17)6-11-10(12)8-13-14-11;1-4-5(2)3/h6-8,17H,2-5H2,1H3,(H,13,14);4-5H,1H2,2-3H3. The van der Waals surface area contributed by atoms with Crippen LogP contribution in [0.3, 0.4) is 0 Å². The Bertz CT molecular complexity index is 612. The van der Waals surface area contributed by atoms with Crippen LogP contribution < -0.4 is 4.90 Å². The molecule has 120 valence electrons. The highest BCUT2D eigenvalue weighted by atomic mass is 16.3. The summed E-state index contributed by atoms with van der Waals surface area (Å²) in [6.07, 6.45) is 3.74. The Hall–Kier alpha value is -2.01. The van der Waals surface area contributed by atoms with Gasteiger partial charge in [0, 0.05) is 43.7 Å². The molecular formula is C17H26N4O. The normalized spacial score (nSPS) is 15.7. The number of aromatic hydroxyl groups is 1. The van der Waals surface area contributed by atoms with Crippen molar-refractivity contribution in [2.45, 2.75) is 13.8 Å². The average Bonchev–Trinajstić information content (AvgIpc) is 2.96. The highest BCUT2D eigenvalue weighted by molar-refractivity contribution is 5.92. The number of nitrogens with one attached hydrogen (secondary N) is 1. The first-order valence-electron chi connectivity index (χ1n) is 7.73. The zero-order valence-electron chi connectivity index (χ0n) is 13.7. The number of rotatable bonds is 2. The minimum Gasteiger partial charge on any atom is -0.508 e. The lowest BCUT2D eigenvalue weighted by atomic mass is 10.1. The van der Waals surface area contributed by atoms with E-state index in [1.807, 2.05) is 18.3 Å². The van der Waals surface area contributed by atoms with Crippen LogP contribution in [0.5, 0.6) is 5.75 Å². The zero-order valence-corrected chi connectivity index (χ0v) is 13.7. The van der Waals surface area contributed by atoms with Gasteiger partial charge < -0.3 is 14.9 Å². The molecule has 3 rings (SSSR count). The summed E-state index contributed by atoms with van der Waals surface area (Å²) < 4.78 is 0. The summed E-state index contributed by atoms with van der Waals surface area (Å²) in [5, 5.41) is 17.7. The quantitative estimate of drug-likeness (QED) is 0.838. The number of phenolic OH excluding ortho intramolecular Hbond substituents is 1. The Morgan fingerprint density at radius 3 is 2.50 bits per heavy atom. The van der Waals surface area contributed by atoms with Crippen LogP contribution in [-0.2, 0) is 0 Å². The molecule has 1 saturated heterocycles. The Morgan fingerprint density at radius 2 is 1.91 bits per heavy atom. The largest absolute Gasteiger partial charge is 0.508 e. The Labute approximate surface area is 132 Å². The summed E-state index contributed by atoms with van der Waals surface area (Å²) in [5.41, 5.74) is 1.96. The third-order valence-corrected chi connectivity index (χ3v) is 3.84. The fraction of sp³-hybridized carbons (Fsp3) is 0.471. The molecule has 2 aromatic rings. The van der Waals surface area contributed by atoms with Gasteiger partial charge in [-0.2, -0.15) is 5.10 Å². The molecule has 1 aromatic heterocycles. The number of hydrogen-bond acceptors (Lipinski definition) is 4. The molecule has 2 N–H and O–H groups in total. The van der Waals surface area contributed by atoms with Gasteiger partial charge in [0.15, 0.2) is 0 Å². The van der Waals surface area contributed by atoms with Crippen LogP contribution in [0.15, 0.2) is 31.0 Å². The molecule has 0 aliphatic carbocycles. The SMILES string of the molecule is C=CC(C)C.CN1CCN(c2cc(O)cc3[nH]ncc23)CC1. The van der Waals surface area contributed by atoms with Gasteiger partial charge in [0.05, 0.1) is 17.4 Å². The topological polar surface area (TPSA) is 55.4 Å². The number of phenols is 1. The molecule has 5 nitrogen and oxygen atoms in total. The second-order valence-corrected chi connectivity index (χ2v) is 6.07. The van der Waals surface area contributed by atoms with Crippen LogP contribution in [-0.4, -0.2) is 53.4 Å². The fourth-order valence-electron chi connectivity index (χ4n) is 2.33. The predicted octanol–water partition coefficient (Wildman–Crippen LogP) is 2.85. The van der Waals surface area contributed by atoms with Crippen molar-refractivity contribution in [1.29, 1.82) is 0 Å². The van der Waals surface area contributed by atoms with E-state index in [0.29, 0.717) is 5.92 Å². The second kappa shape index (κ2) is 7.31. The summed E-state index contributed by atoms with van der Waals surface area (Å²) in [7, 11) is 2.13. The van der Waals surface area contributed by atoms with Gasteiger partial charge in [-0.25, -0.2) is 0 Å². The van der Waals surface area contributed by atoms with Gasteiger partial charge in [0.1, 0.15) is 5.75 Å². The van der Waals surface area contributed by atoms with E-state index in [4.69, 9.17) is 0 Å². The Morgan fingerprint density at radius 1 is 1.27 bits per heavy atom. The number of hydrogen-bond donors (Lipinski definition) is 2. The van der Waals surface area contributed by atoms with Crippen molar-refractivity contribution in [3.05, 3.63) is 31.0 Å². The van der Waals surface area contributed by atoms with Crippen molar-refractivity contribution in [2.24, 2.45) is 5.92 Å². The van der Waals surface area contributed by atoms with Gasteiger partial charge in [0.2, 0.25) is 0 Å². The molecule has 0 radical (unpaired) electrons. The lowest BCUT2D eigenvalue weighted by molar-refractivity contribution is 0.313. The maximum atomic E-state index is 9.73. The van der Waals surface area contributed by atoms with Crippen molar-refractivity contribution in [1.82, 2.24) is 15.1 Å². The van der Waals surface area contributed by atoms with Crippen molar-refractivity contribution in [3.8, 4) is 5.75 Å². The van der Waals surface area contributed by atoms with E-state index in [9.17, 15) is 5.11 Å². The van der Waals surface area contributed by atoms with E-state index in [1.165, 1.54) is 0 Å². The van der Waals surface area contributed by atoms with Crippen molar-refractivity contribution in [2.75, 3.05) is 38.1 Å². The molecular weight excluding hydrogens is 276 g/mol. The number of allylic oxidation sites excluding steroid dienone is 1. The summed E-state index contributed by atoms with van der Waals surface area (Å²) in [5.74, 6) is 0.936. The van der Waals surface area contributed by atoms with E-state index in [1.54, 1.807) is 6.07 Å². The monoisotopic (exact) mass is 302 g/mol. The lowest BCUT2D eigenvalue weighted by Gasteiger charge is -2.34. The van der Waals surface area contributed by atoms with Crippen LogP contribution in [0.1, 0.15) is 13.8 Å². The average molecular weight is 302 g/mol. The summed E-state index contributed by atoms with van der Waals surface area (Å²) in [6, 6.07) is 3.53. The molecule has 2 heterocycles. The molecule has 0 spiro atoms. The van der Waals surface area contributed by atoms with Crippen LogP contribution in [0.25, 0.3) is 10.9 Å². The van der Waals surface area contributed by atoms with Gasteiger partial charge >= 0.3 is 0 Å². The van der Waals surface area contributed by atoms with E-state index < -0.39 is 0 Å². The van der Waals surface area contributed by atoms with Crippen molar-refractivity contribution < 1.29 is 5.11 Å². The molecule has 0 amide bonds. The fourth-order valence-corrected chi connectivity index (χ4v) is 2.33. The molecule has 0 saturated carbocycles. The molecule has 1 fully saturated rings. The predicted molar refractivity (Wildman–Crippen MR) is 92.5 cm³/mol. The first kappa shape index (κ1) is 16.4. The number of fused-ring (bicyclic) bond motifs is 1. The number of aromatic amines is 1. The van der Waals surface area contributed by atoms with Gasteiger partial charge in [-0.3, -0.25) is 5.10 Å². The van der Waals surface area contributed by atoms with Crippen molar-refractivity contribution >= 4 is 16.6 Å². The molecule has 1 aliphatic heterocycles. The van der Waals surface area contributed by atoms with Crippen molar-refractivity contribution in [3.63, 3.8) is 0 Å². The van der Waals surface area contributed by atoms with Gasteiger partial charge in [-0.1, -0.05) is 19.9 Å². The van der Waals surface area contributed by atoms with Crippen LogP contribution >= 0.6 is 0 Å². The minimum absolute atomic E-state index is 0.288. The molecule has 1 aliphatic rings.